The normalized spacial score (nSPS) is 22.2. The number of hydrogen-bond acceptors (Lipinski definition) is 5. The van der Waals surface area contributed by atoms with Gasteiger partial charge in [0.05, 0.1) is 18.2 Å². The van der Waals surface area contributed by atoms with E-state index in [2.05, 4.69) is 15.2 Å². The third-order valence-corrected chi connectivity index (χ3v) is 6.59. The monoisotopic (exact) mass is 423 g/mol. The van der Waals surface area contributed by atoms with Gasteiger partial charge in [0.15, 0.2) is 5.82 Å². The third-order valence-electron chi connectivity index (χ3n) is 6.59. The van der Waals surface area contributed by atoms with Crippen molar-refractivity contribution < 1.29 is 14.3 Å². The number of nitrogens with zero attached hydrogens (tertiary/aromatic N) is 4. The Balaban J connectivity index is 1.20. The van der Waals surface area contributed by atoms with Gasteiger partial charge in [-0.1, -0.05) is 12.1 Å². The second kappa shape index (κ2) is 8.32. The Kier molecular flexibility index (Phi) is 5.38. The molecule has 2 amide bonds. The lowest BCUT2D eigenvalue weighted by molar-refractivity contribution is -0.136. The van der Waals surface area contributed by atoms with E-state index in [0.29, 0.717) is 43.8 Å². The smallest absolute Gasteiger partial charge is 0.228 e. The van der Waals surface area contributed by atoms with Gasteiger partial charge in [0.2, 0.25) is 11.8 Å². The van der Waals surface area contributed by atoms with Crippen molar-refractivity contribution in [3.05, 3.63) is 35.9 Å². The number of amides is 2. The molecule has 1 atom stereocenters. The van der Waals surface area contributed by atoms with Gasteiger partial charge in [-0.15, -0.1) is 0 Å². The molecule has 5 rings (SSSR count). The Morgan fingerprint density at radius 3 is 2.68 bits per heavy atom. The summed E-state index contributed by atoms with van der Waals surface area (Å²) in [5.74, 6) is 3.23. The average Bonchev–Trinajstić information content (AvgIpc) is 3.40. The lowest BCUT2D eigenvalue weighted by Gasteiger charge is -2.32. The van der Waals surface area contributed by atoms with Crippen molar-refractivity contribution in [3.8, 4) is 5.75 Å². The highest BCUT2D eigenvalue weighted by Crippen LogP contribution is 2.39. The Hall–Kier alpha value is -2.90. The quantitative estimate of drug-likeness (QED) is 0.771. The van der Waals surface area contributed by atoms with Crippen LogP contribution in [0.1, 0.15) is 62.5 Å². The molecule has 1 aliphatic carbocycles. The number of carbonyl (C=O) groups excluding carboxylic acids is 2. The molecule has 0 bridgehead atoms. The van der Waals surface area contributed by atoms with Crippen LogP contribution in [0, 0.1) is 5.92 Å². The Labute approximate surface area is 182 Å². The molecular formula is C23H29N5O3. The number of hydrogen-bond donors (Lipinski definition) is 1. The standard InChI is InChI=1S/C23H29N5O3/c1-2-31-19-6-4-3-5-18(19)28-14-17(13-20(28)29)23(30)27-11-9-16(10-12-27)22-24-21(25-26-22)15-7-8-15/h3-6,15-17H,2,7-14H2,1H3,(H,24,25,26). The van der Waals surface area contributed by atoms with E-state index in [9.17, 15) is 9.59 Å². The van der Waals surface area contributed by atoms with Crippen molar-refractivity contribution in [1.29, 1.82) is 0 Å². The summed E-state index contributed by atoms with van der Waals surface area (Å²) in [5.41, 5.74) is 0.750. The largest absolute Gasteiger partial charge is 0.492 e. The molecule has 1 saturated carbocycles. The molecule has 0 radical (unpaired) electrons. The van der Waals surface area contributed by atoms with Gasteiger partial charge in [-0.3, -0.25) is 14.7 Å². The number of piperidine rings is 1. The predicted octanol–water partition coefficient (Wildman–Crippen LogP) is 2.84. The average molecular weight is 424 g/mol. The van der Waals surface area contributed by atoms with Crippen LogP contribution in [0.2, 0.25) is 0 Å². The summed E-state index contributed by atoms with van der Waals surface area (Å²) in [4.78, 5) is 34.2. The lowest BCUT2D eigenvalue weighted by atomic mass is 9.95. The van der Waals surface area contributed by atoms with Crippen molar-refractivity contribution in [1.82, 2.24) is 20.1 Å². The molecule has 31 heavy (non-hydrogen) atoms. The summed E-state index contributed by atoms with van der Waals surface area (Å²) in [6.45, 7) is 4.26. The maximum Gasteiger partial charge on any atom is 0.228 e. The van der Waals surface area contributed by atoms with Crippen LogP contribution >= 0.6 is 0 Å². The van der Waals surface area contributed by atoms with Crippen molar-refractivity contribution in [3.63, 3.8) is 0 Å². The number of nitrogens with one attached hydrogen (secondary N) is 1. The SMILES string of the molecule is CCOc1ccccc1N1CC(C(=O)N2CCC(c3nc(C4CC4)n[nH]3)CC2)CC1=O. The van der Waals surface area contributed by atoms with Crippen molar-refractivity contribution >= 4 is 17.5 Å². The minimum absolute atomic E-state index is 0.0188. The zero-order valence-electron chi connectivity index (χ0n) is 17.9. The predicted molar refractivity (Wildman–Crippen MR) is 115 cm³/mol. The van der Waals surface area contributed by atoms with Crippen LogP contribution in [0.4, 0.5) is 5.69 Å². The lowest BCUT2D eigenvalue weighted by Crippen LogP contribution is -2.42. The molecule has 1 aromatic heterocycles. The van der Waals surface area contributed by atoms with Crippen LogP contribution in [0.25, 0.3) is 0 Å². The van der Waals surface area contributed by atoms with Crippen LogP contribution in [-0.2, 0) is 9.59 Å². The highest BCUT2D eigenvalue weighted by Gasteiger charge is 2.39. The number of rotatable bonds is 6. The first-order valence-corrected chi connectivity index (χ1v) is 11.4. The van der Waals surface area contributed by atoms with Crippen molar-refractivity contribution in [2.75, 3.05) is 31.1 Å². The molecule has 1 N–H and O–H groups in total. The highest BCUT2D eigenvalue weighted by atomic mass is 16.5. The van der Waals surface area contributed by atoms with Gasteiger partial charge in [-0.05, 0) is 44.7 Å². The van der Waals surface area contributed by atoms with Gasteiger partial charge in [-0.25, -0.2) is 4.98 Å². The fourth-order valence-corrected chi connectivity index (χ4v) is 4.69. The number of carbonyl (C=O) groups is 2. The molecule has 8 nitrogen and oxygen atoms in total. The van der Waals surface area contributed by atoms with Gasteiger partial charge in [-0.2, -0.15) is 5.10 Å². The van der Waals surface area contributed by atoms with E-state index in [1.165, 1.54) is 12.8 Å². The summed E-state index contributed by atoms with van der Waals surface area (Å²) in [6, 6.07) is 7.53. The molecule has 3 heterocycles. The first-order chi connectivity index (χ1) is 15.1. The Morgan fingerprint density at radius 1 is 1.16 bits per heavy atom. The third kappa shape index (κ3) is 4.03. The van der Waals surface area contributed by atoms with E-state index in [0.717, 1.165) is 30.2 Å². The molecular weight excluding hydrogens is 394 g/mol. The number of ether oxygens (including phenoxy) is 1. The van der Waals surface area contributed by atoms with E-state index in [-0.39, 0.29) is 24.2 Å². The summed E-state index contributed by atoms with van der Waals surface area (Å²) < 4.78 is 5.68. The molecule has 2 aromatic rings. The zero-order chi connectivity index (χ0) is 21.4. The molecule has 1 unspecified atom stereocenters. The summed E-state index contributed by atoms with van der Waals surface area (Å²) in [7, 11) is 0. The molecule has 3 aliphatic rings. The Bertz CT molecular complexity index is 962. The van der Waals surface area contributed by atoms with Crippen molar-refractivity contribution in [2.45, 2.75) is 50.9 Å². The summed E-state index contributed by atoms with van der Waals surface area (Å²) in [6.07, 6.45) is 4.39. The van der Waals surface area contributed by atoms with Crippen LogP contribution in [0.5, 0.6) is 5.75 Å². The minimum atomic E-state index is -0.300. The number of para-hydroxylation sites is 2. The number of anilines is 1. The number of aromatic amines is 1. The second-order valence-electron chi connectivity index (χ2n) is 8.76. The van der Waals surface area contributed by atoms with Crippen LogP contribution in [-0.4, -0.2) is 58.1 Å². The number of likely N-dealkylation sites (tertiary alicyclic amines) is 1. The fraction of sp³-hybridized carbons (Fsp3) is 0.565. The topological polar surface area (TPSA) is 91.4 Å². The van der Waals surface area contributed by atoms with Crippen molar-refractivity contribution in [2.24, 2.45) is 5.92 Å². The van der Waals surface area contributed by atoms with Crippen LogP contribution < -0.4 is 9.64 Å². The number of H-pyrrole nitrogens is 1. The summed E-state index contributed by atoms with van der Waals surface area (Å²) >= 11 is 0. The van der Waals surface area contributed by atoms with E-state index in [1.807, 2.05) is 36.1 Å². The van der Waals surface area contributed by atoms with E-state index in [1.54, 1.807) is 4.90 Å². The maximum absolute atomic E-state index is 13.2. The maximum atomic E-state index is 13.2. The molecule has 1 aromatic carbocycles. The Morgan fingerprint density at radius 2 is 1.94 bits per heavy atom. The first kappa shape index (κ1) is 20.0. The highest BCUT2D eigenvalue weighted by molar-refractivity contribution is 6.01. The number of benzene rings is 1. The second-order valence-corrected chi connectivity index (χ2v) is 8.76. The number of aromatic nitrogens is 3. The molecule has 2 saturated heterocycles. The van der Waals surface area contributed by atoms with Gasteiger partial charge >= 0.3 is 0 Å². The van der Waals surface area contributed by atoms with Crippen LogP contribution in [0.3, 0.4) is 0 Å². The summed E-state index contributed by atoms with van der Waals surface area (Å²) in [5, 5.41) is 7.48. The molecule has 8 heteroatoms. The molecule has 2 aliphatic heterocycles. The van der Waals surface area contributed by atoms with Gasteiger partial charge in [0, 0.05) is 37.9 Å². The molecule has 164 valence electrons. The molecule has 0 spiro atoms. The zero-order valence-corrected chi connectivity index (χ0v) is 17.9. The van der Waals surface area contributed by atoms with E-state index < -0.39 is 0 Å². The van der Waals surface area contributed by atoms with Gasteiger partial charge in [0.25, 0.3) is 0 Å². The molecule has 3 fully saturated rings. The fourth-order valence-electron chi connectivity index (χ4n) is 4.69. The van der Waals surface area contributed by atoms with Crippen LogP contribution in [0.15, 0.2) is 24.3 Å². The van der Waals surface area contributed by atoms with E-state index >= 15 is 0 Å². The first-order valence-electron chi connectivity index (χ1n) is 11.4. The van der Waals surface area contributed by atoms with Gasteiger partial charge in [0.1, 0.15) is 11.6 Å². The van der Waals surface area contributed by atoms with E-state index in [4.69, 9.17) is 4.74 Å². The minimum Gasteiger partial charge on any atom is -0.492 e. The van der Waals surface area contributed by atoms with Gasteiger partial charge < -0.3 is 14.5 Å².